The van der Waals surface area contributed by atoms with E-state index in [1.165, 1.54) is 65.0 Å². The molecule has 0 unspecified atom stereocenters. The first-order valence-corrected chi connectivity index (χ1v) is 37.6. The summed E-state index contributed by atoms with van der Waals surface area (Å²) in [5, 5.41) is 38.2. The molecule has 0 fully saturated rings. The summed E-state index contributed by atoms with van der Waals surface area (Å²) in [6.45, 7) is 0. The van der Waals surface area contributed by atoms with Crippen LogP contribution in [0.15, 0.2) is 358 Å². The van der Waals surface area contributed by atoms with Crippen LogP contribution in [0.1, 0.15) is 11.1 Å². The highest BCUT2D eigenvalue weighted by molar-refractivity contribution is 6.26. The Labute approximate surface area is 644 Å². The van der Waals surface area contributed by atoms with Crippen molar-refractivity contribution >= 4 is 86.2 Å². The highest BCUT2D eigenvalue weighted by Gasteiger charge is 2.26. The summed E-state index contributed by atoms with van der Waals surface area (Å²) in [4.78, 5) is 15.3. The molecule has 0 saturated carbocycles. The van der Waals surface area contributed by atoms with Crippen molar-refractivity contribution < 1.29 is 9.47 Å². The minimum Gasteiger partial charge on any atom is -0.456 e. The Hall–Kier alpha value is -15.4. The molecule has 2 aromatic heterocycles. The van der Waals surface area contributed by atoms with Gasteiger partial charge in [0.05, 0.1) is 46.0 Å². The SMILES string of the molecule is N#Cc1ccc2c(c1)Oc1cc(-c3cccc(-c4cc5ccc6cc(-c7nc(-c8ccccc8)cc(-c8ccccc8)n7)cc7ccc(c4)c5c67)c3)cc3cccc-2c13.N#Cc1ccc2c(c1)Oc1cccc3c(-c4cccc(-c5cc6ccc7cc(-c8cccc(-c9ccccc9)n8)cc8ccc(c5)c6c78)c4)ccc-2c13. The van der Waals surface area contributed by atoms with Gasteiger partial charge in [-0.25, -0.2) is 15.0 Å². The molecule has 0 radical (unpaired) electrons. The third-order valence-electron chi connectivity index (χ3n) is 22.5. The normalized spacial score (nSPS) is 11.9. The molecule has 21 aromatic rings. The Morgan fingerprint density at radius 3 is 1.08 bits per heavy atom. The summed E-state index contributed by atoms with van der Waals surface area (Å²) in [6, 6.07) is 131. The number of fused-ring (bicyclic) bond motifs is 4. The summed E-state index contributed by atoms with van der Waals surface area (Å²) in [7, 11) is 0. The van der Waals surface area contributed by atoms with Gasteiger partial charge in [-0.2, -0.15) is 10.5 Å². The number of nitriles is 2. The lowest BCUT2D eigenvalue weighted by Crippen LogP contribution is -1.98. The van der Waals surface area contributed by atoms with Gasteiger partial charge in [-0.3, -0.25) is 0 Å². The summed E-state index contributed by atoms with van der Waals surface area (Å²) >= 11 is 0. The van der Waals surface area contributed by atoms with Gasteiger partial charge < -0.3 is 9.47 Å². The van der Waals surface area contributed by atoms with Gasteiger partial charge in [-0.1, -0.05) is 224 Å². The third kappa shape index (κ3) is 10.8. The van der Waals surface area contributed by atoms with E-state index in [0.29, 0.717) is 22.7 Å². The van der Waals surface area contributed by atoms with Crippen molar-refractivity contribution in [3.63, 3.8) is 0 Å². The Bertz CT molecular complexity index is 7400. The average Bonchev–Trinajstić information content (AvgIpc) is 0.743. The van der Waals surface area contributed by atoms with Gasteiger partial charge in [-0.15, -0.1) is 0 Å². The molecule has 7 nitrogen and oxygen atoms in total. The van der Waals surface area contributed by atoms with Crippen molar-refractivity contribution in [1.29, 1.82) is 10.5 Å². The fraction of sp³-hybridized carbons (Fsp3) is 0. The lowest BCUT2D eigenvalue weighted by molar-refractivity contribution is 0.486. The van der Waals surface area contributed by atoms with Crippen molar-refractivity contribution in [2.75, 3.05) is 0 Å². The van der Waals surface area contributed by atoms with Crippen molar-refractivity contribution in [1.82, 2.24) is 15.0 Å². The fourth-order valence-electron chi connectivity index (χ4n) is 17.3. The smallest absolute Gasteiger partial charge is 0.160 e. The second-order valence-corrected chi connectivity index (χ2v) is 29.1. The maximum absolute atomic E-state index is 9.55. The zero-order chi connectivity index (χ0) is 74.1. The van der Waals surface area contributed by atoms with E-state index in [2.05, 4.69) is 279 Å². The summed E-state index contributed by atoms with van der Waals surface area (Å²) < 4.78 is 12.9. The first-order chi connectivity index (χ1) is 55.3. The number of rotatable bonds is 9. The highest BCUT2D eigenvalue weighted by atomic mass is 16.5. The van der Waals surface area contributed by atoms with Crippen molar-refractivity contribution in [2.24, 2.45) is 0 Å². The topological polar surface area (TPSA) is 105 Å². The van der Waals surface area contributed by atoms with E-state index < -0.39 is 0 Å². The van der Waals surface area contributed by atoms with Crippen molar-refractivity contribution in [3.8, 4) is 158 Å². The van der Waals surface area contributed by atoms with E-state index in [4.69, 9.17) is 24.4 Å². The molecule has 23 rings (SSSR count). The molecule has 2 aliphatic rings. The molecule has 19 aromatic carbocycles. The van der Waals surface area contributed by atoms with E-state index in [0.717, 1.165) is 156 Å². The first-order valence-electron chi connectivity index (χ1n) is 37.6. The minimum atomic E-state index is 0.582. The van der Waals surface area contributed by atoms with Gasteiger partial charge in [0.1, 0.15) is 23.0 Å². The molecule has 0 N–H and O–H groups in total. The van der Waals surface area contributed by atoms with Crippen LogP contribution in [0.25, 0.3) is 209 Å². The number of hydrogen-bond donors (Lipinski definition) is 0. The van der Waals surface area contributed by atoms with Crippen LogP contribution in [0.5, 0.6) is 23.0 Å². The zero-order valence-electron chi connectivity index (χ0n) is 60.1. The van der Waals surface area contributed by atoms with Crippen LogP contribution >= 0.6 is 0 Å². The Morgan fingerprint density at radius 2 is 0.571 bits per heavy atom. The van der Waals surface area contributed by atoms with E-state index >= 15 is 0 Å². The van der Waals surface area contributed by atoms with Crippen LogP contribution in [-0.4, -0.2) is 15.0 Å². The molecule has 0 atom stereocenters. The summed E-state index contributed by atoms with van der Waals surface area (Å²) in [6.07, 6.45) is 0. The molecule has 0 spiro atoms. The van der Waals surface area contributed by atoms with Gasteiger partial charge in [0.25, 0.3) is 0 Å². The molecular weight excluding hydrogens is 1360 g/mol. The molecule has 516 valence electrons. The summed E-state index contributed by atoms with van der Waals surface area (Å²) in [5.74, 6) is 3.76. The second-order valence-electron chi connectivity index (χ2n) is 29.1. The minimum absolute atomic E-state index is 0.582. The van der Waals surface area contributed by atoms with Crippen LogP contribution < -0.4 is 9.47 Å². The predicted octanol–water partition coefficient (Wildman–Crippen LogP) is 28.0. The van der Waals surface area contributed by atoms with Gasteiger partial charge >= 0.3 is 0 Å². The number of nitrogens with zero attached hydrogens (tertiary/aromatic N) is 5. The third-order valence-corrected chi connectivity index (χ3v) is 22.5. The van der Waals surface area contributed by atoms with E-state index in [9.17, 15) is 10.5 Å². The highest BCUT2D eigenvalue weighted by Crippen LogP contribution is 2.52. The Morgan fingerprint density at radius 1 is 0.196 bits per heavy atom. The molecular formula is C105H59N5O2. The van der Waals surface area contributed by atoms with Gasteiger partial charge in [-0.05, 0) is 265 Å². The van der Waals surface area contributed by atoms with Gasteiger partial charge in [0, 0.05) is 49.7 Å². The van der Waals surface area contributed by atoms with Crippen molar-refractivity contribution in [3.05, 3.63) is 369 Å². The molecule has 4 heterocycles. The maximum Gasteiger partial charge on any atom is 0.160 e. The standard InChI is InChI=1S/C55H31N3O.C50H28N2O/c56-32-33-17-22-46-47-16-8-15-38-25-44(30-51(54(38)47)59-50(46)23-33)37-14-7-13-36(24-37)43-26-39-18-20-41-28-45(29-42-21-19-40(27-43)52(39)53(41)42)55-57-48(34-9-3-1-4-10-34)31-49(58-55)35-11-5-2-6-12-35;51-29-30-15-20-41-43-22-21-40(42-11-5-14-46(50(42)43)53-47(41)23-30)33-10-4-9-32(24-33)38-25-34-16-18-36-27-39(28-37-19-17-35(26-38)48(34)49(36)37)45-13-6-12-44(52-45)31-7-2-1-3-8-31/h1-31H;1-28H. The lowest BCUT2D eigenvalue weighted by Gasteiger charge is -2.23. The Kier molecular flexibility index (Phi) is 14.6. The fourth-order valence-corrected chi connectivity index (χ4v) is 17.3. The van der Waals surface area contributed by atoms with E-state index in [1.807, 2.05) is 91.0 Å². The number of benzene rings is 19. The first kappa shape index (κ1) is 63.8. The molecule has 0 aliphatic carbocycles. The molecule has 112 heavy (non-hydrogen) atoms. The number of aromatic nitrogens is 3. The zero-order valence-corrected chi connectivity index (χ0v) is 60.1. The summed E-state index contributed by atoms with van der Waals surface area (Å²) in [5.41, 5.74) is 23.7. The van der Waals surface area contributed by atoms with Gasteiger partial charge in [0.15, 0.2) is 5.82 Å². The number of hydrogen-bond acceptors (Lipinski definition) is 7. The van der Waals surface area contributed by atoms with Crippen LogP contribution in [0.2, 0.25) is 0 Å². The second kappa shape index (κ2) is 25.7. The number of ether oxygens (including phenoxy) is 2. The molecule has 7 heteroatoms. The number of pyridine rings is 1. The quantitative estimate of drug-likeness (QED) is 0.133. The predicted molar refractivity (Wildman–Crippen MR) is 458 cm³/mol. The molecule has 0 saturated heterocycles. The van der Waals surface area contributed by atoms with Crippen LogP contribution in [0.3, 0.4) is 0 Å². The van der Waals surface area contributed by atoms with E-state index in [-0.39, 0.29) is 0 Å². The maximum atomic E-state index is 9.55. The van der Waals surface area contributed by atoms with E-state index in [1.54, 1.807) is 0 Å². The lowest BCUT2D eigenvalue weighted by atomic mass is 9.88. The average molecular weight is 1420 g/mol. The monoisotopic (exact) mass is 1420 g/mol. The molecule has 2 aliphatic heterocycles. The van der Waals surface area contributed by atoms with Crippen molar-refractivity contribution in [2.45, 2.75) is 0 Å². The van der Waals surface area contributed by atoms with Crippen LogP contribution in [0.4, 0.5) is 0 Å². The van der Waals surface area contributed by atoms with Gasteiger partial charge in [0.2, 0.25) is 0 Å². The van der Waals surface area contributed by atoms with Crippen LogP contribution in [-0.2, 0) is 0 Å². The molecule has 0 amide bonds. The van der Waals surface area contributed by atoms with Crippen LogP contribution in [0, 0.1) is 22.7 Å². The largest absolute Gasteiger partial charge is 0.456 e. The molecule has 0 bridgehead atoms. The Balaban J connectivity index is 0.000000138.